The molecule has 0 aliphatic rings. The number of benzene rings is 1. The highest BCUT2D eigenvalue weighted by Gasteiger charge is 2.12. The fraction of sp³-hybridized carbons (Fsp3) is 0.143. The fourth-order valence-electron chi connectivity index (χ4n) is 1.63. The van der Waals surface area contributed by atoms with Gasteiger partial charge in [0.25, 0.3) is 5.91 Å². The third kappa shape index (κ3) is 3.29. The van der Waals surface area contributed by atoms with Crippen LogP contribution in [0.2, 0.25) is 5.02 Å². The lowest BCUT2D eigenvalue weighted by Gasteiger charge is -2.07. The number of hydrogen-bond acceptors (Lipinski definition) is 2. The highest BCUT2D eigenvalue weighted by atomic mass is 35.5. The monoisotopic (exact) mass is 278 g/mol. The number of aromatic nitrogens is 1. The molecule has 1 aromatic heterocycles. The molecule has 1 amide bonds. The molecule has 0 aliphatic heterocycles. The van der Waals surface area contributed by atoms with Gasteiger partial charge in [-0.3, -0.25) is 9.78 Å². The van der Waals surface area contributed by atoms with Gasteiger partial charge in [-0.2, -0.15) is 0 Å². The minimum Gasteiger partial charge on any atom is -0.346 e. The van der Waals surface area contributed by atoms with Crippen molar-refractivity contribution in [2.45, 2.75) is 13.5 Å². The SMILES string of the molecule is Cc1cccnc1CNC(=O)c1cc(Cl)ccc1F. The molecular weight excluding hydrogens is 267 g/mol. The molecule has 1 heterocycles. The van der Waals surface area contributed by atoms with Crippen molar-refractivity contribution in [2.24, 2.45) is 0 Å². The van der Waals surface area contributed by atoms with E-state index in [0.29, 0.717) is 5.02 Å². The lowest BCUT2D eigenvalue weighted by molar-refractivity contribution is 0.0946. The first-order valence-corrected chi connectivity index (χ1v) is 6.09. The maximum Gasteiger partial charge on any atom is 0.254 e. The van der Waals surface area contributed by atoms with Crippen LogP contribution in [0.3, 0.4) is 0 Å². The average molecular weight is 279 g/mol. The van der Waals surface area contributed by atoms with Crippen molar-refractivity contribution in [1.29, 1.82) is 0 Å². The number of amides is 1. The van der Waals surface area contributed by atoms with E-state index < -0.39 is 11.7 Å². The van der Waals surface area contributed by atoms with E-state index in [2.05, 4.69) is 10.3 Å². The summed E-state index contributed by atoms with van der Waals surface area (Å²) in [7, 11) is 0. The normalized spacial score (nSPS) is 10.3. The predicted octanol–water partition coefficient (Wildman–Crippen LogP) is 3.11. The van der Waals surface area contributed by atoms with Crippen molar-refractivity contribution in [2.75, 3.05) is 0 Å². The van der Waals surface area contributed by atoms with Gasteiger partial charge in [0.1, 0.15) is 5.82 Å². The lowest BCUT2D eigenvalue weighted by Crippen LogP contribution is -2.24. The van der Waals surface area contributed by atoms with Crippen LogP contribution in [0.1, 0.15) is 21.6 Å². The Hall–Kier alpha value is -1.94. The molecule has 0 atom stereocenters. The standard InChI is InChI=1S/C14H12ClFN2O/c1-9-3-2-6-17-13(9)8-18-14(19)11-7-10(15)4-5-12(11)16/h2-7H,8H2,1H3,(H,18,19). The van der Waals surface area contributed by atoms with E-state index >= 15 is 0 Å². The molecule has 2 rings (SSSR count). The molecule has 0 fully saturated rings. The minimum absolute atomic E-state index is 0.0684. The van der Waals surface area contributed by atoms with Crippen molar-refractivity contribution < 1.29 is 9.18 Å². The molecular formula is C14H12ClFN2O. The summed E-state index contributed by atoms with van der Waals surface area (Å²) in [5.74, 6) is -1.11. The van der Waals surface area contributed by atoms with Crippen LogP contribution in [0.15, 0.2) is 36.5 Å². The lowest BCUT2D eigenvalue weighted by atomic mass is 10.2. The van der Waals surface area contributed by atoms with E-state index in [9.17, 15) is 9.18 Å². The van der Waals surface area contributed by atoms with E-state index in [4.69, 9.17) is 11.6 Å². The third-order valence-corrected chi connectivity index (χ3v) is 2.94. The fourth-order valence-corrected chi connectivity index (χ4v) is 1.81. The smallest absolute Gasteiger partial charge is 0.254 e. The molecule has 98 valence electrons. The molecule has 19 heavy (non-hydrogen) atoms. The van der Waals surface area contributed by atoms with Crippen LogP contribution in [0.25, 0.3) is 0 Å². The van der Waals surface area contributed by atoms with E-state index in [1.54, 1.807) is 6.20 Å². The quantitative estimate of drug-likeness (QED) is 0.937. The topological polar surface area (TPSA) is 42.0 Å². The Morgan fingerprint density at radius 3 is 2.95 bits per heavy atom. The molecule has 3 nitrogen and oxygen atoms in total. The van der Waals surface area contributed by atoms with Gasteiger partial charge < -0.3 is 5.32 Å². The molecule has 0 bridgehead atoms. The Bertz CT molecular complexity index is 616. The summed E-state index contributed by atoms with van der Waals surface area (Å²) in [5, 5.41) is 2.94. The number of hydrogen-bond donors (Lipinski definition) is 1. The Labute approximate surface area is 115 Å². The molecule has 1 N–H and O–H groups in total. The first-order valence-electron chi connectivity index (χ1n) is 5.71. The summed E-state index contributed by atoms with van der Waals surface area (Å²) in [5.41, 5.74) is 1.65. The second-order valence-corrected chi connectivity index (χ2v) is 4.51. The second kappa shape index (κ2) is 5.80. The van der Waals surface area contributed by atoms with Crippen LogP contribution < -0.4 is 5.32 Å². The second-order valence-electron chi connectivity index (χ2n) is 4.07. The van der Waals surface area contributed by atoms with Gasteiger partial charge in [-0.25, -0.2) is 4.39 Å². The Kier molecular flexibility index (Phi) is 4.12. The van der Waals surface area contributed by atoms with Gasteiger partial charge in [0.2, 0.25) is 0 Å². The number of carbonyl (C=O) groups is 1. The van der Waals surface area contributed by atoms with Gasteiger partial charge in [-0.05, 0) is 36.8 Å². The molecule has 0 spiro atoms. The molecule has 2 aromatic rings. The van der Waals surface area contributed by atoms with Crippen LogP contribution in [0, 0.1) is 12.7 Å². The van der Waals surface area contributed by atoms with E-state index in [1.807, 2.05) is 19.1 Å². The zero-order valence-electron chi connectivity index (χ0n) is 10.3. The largest absolute Gasteiger partial charge is 0.346 e. The van der Waals surface area contributed by atoms with Crippen LogP contribution in [-0.4, -0.2) is 10.9 Å². The Morgan fingerprint density at radius 1 is 1.42 bits per heavy atom. The van der Waals surface area contributed by atoms with E-state index in [-0.39, 0.29) is 12.1 Å². The maximum absolute atomic E-state index is 13.5. The average Bonchev–Trinajstić information content (AvgIpc) is 2.40. The summed E-state index contributed by atoms with van der Waals surface area (Å²) in [6, 6.07) is 7.59. The number of halogens is 2. The summed E-state index contributed by atoms with van der Waals surface area (Å²) >= 11 is 5.74. The van der Waals surface area contributed by atoms with E-state index in [0.717, 1.165) is 11.3 Å². The van der Waals surface area contributed by atoms with E-state index in [1.165, 1.54) is 18.2 Å². The van der Waals surface area contributed by atoms with Gasteiger partial charge in [0.15, 0.2) is 0 Å². The molecule has 0 saturated heterocycles. The van der Waals surface area contributed by atoms with Gasteiger partial charge in [0.05, 0.1) is 17.8 Å². The number of nitrogens with one attached hydrogen (secondary N) is 1. The van der Waals surface area contributed by atoms with Crippen molar-refractivity contribution in [1.82, 2.24) is 10.3 Å². The van der Waals surface area contributed by atoms with Gasteiger partial charge in [-0.1, -0.05) is 17.7 Å². The van der Waals surface area contributed by atoms with Crippen molar-refractivity contribution >= 4 is 17.5 Å². The van der Waals surface area contributed by atoms with Gasteiger partial charge in [0, 0.05) is 11.2 Å². The van der Waals surface area contributed by atoms with Gasteiger partial charge in [-0.15, -0.1) is 0 Å². The molecule has 0 saturated carbocycles. The van der Waals surface area contributed by atoms with Gasteiger partial charge >= 0.3 is 0 Å². The molecule has 0 radical (unpaired) electrons. The van der Waals surface area contributed by atoms with Crippen LogP contribution >= 0.6 is 11.6 Å². The number of rotatable bonds is 3. The molecule has 0 unspecified atom stereocenters. The minimum atomic E-state index is -0.598. The zero-order chi connectivity index (χ0) is 13.8. The molecule has 5 heteroatoms. The summed E-state index contributed by atoms with van der Waals surface area (Å²) < 4.78 is 13.5. The third-order valence-electron chi connectivity index (χ3n) is 2.71. The van der Waals surface area contributed by atoms with Crippen molar-refractivity contribution in [3.63, 3.8) is 0 Å². The number of nitrogens with zero attached hydrogens (tertiary/aromatic N) is 1. The predicted molar refractivity (Wildman–Crippen MR) is 71.6 cm³/mol. The van der Waals surface area contributed by atoms with Crippen molar-refractivity contribution in [3.8, 4) is 0 Å². The first-order chi connectivity index (χ1) is 9.08. The number of carbonyl (C=O) groups excluding carboxylic acids is 1. The summed E-state index contributed by atoms with van der Waals surface area (Å²) in [6.45, 7) is 2.14. The summed E-state index contributed by atoms with van der Waals surface area (Å²) in [4.78, 5) is 16.0. The highest BCUT2D eigenvalue weighted by molar-refractivity contribution is 6.30. The number of pyridine rings is 1. The van der Waals surface area contributed by atoms with Crippen molar-refractivity contribution in [3.05, 3.63) is 64.2 Å². The zero-order valence-corrected chi connectivity index (χ0v) is 11.0. The Balaban J connectivity index is 2.10. The molecule has 1 aromatic carbocycles. The first kappa shape index (κ1) is 13.5. The maximum atomic E-state index is 13.5. The van der Waals surface area contributed by atoms with Crippen LogP contribution in [0.5, 0.6) is 0 Å². The summed E-state index contributed by atoms with van der Waals surface area (Å²) in [6.07, 6.45) is 1.65. The number of aryl methyl sites for hydroxylation is 1. The van der Waals surface area contributed by atoms with Crippen LogP contribution in [-0.2, 0) is 6.54 Å². The Morgan fingerprint density at radius 2 is 2.21 bits per heavy atom. The highest BCUT2D eigenvalue weighted by Crippen LogP contribution is 2.15. The van der Waals surface area contributed by atoms with Crippen LogP contribution in [0.4, 0.5) is 4.39 Å². The molecule has 0 aliphatic carbocycles.